The van der Waals surface area contributed by atoms with Crippen LogP contribution in [0.3, 0.4) is 0 Å². The number of rotatable bonds is 2. The van der Waals surface area contributed by atoms with Crippen LogP contribution >= 0.6 is 11.3 Å². The zero-order chi connectivity index (χ0) is 13.4. The maximum absolute atomic E-state index is 5.81. The van der Waals surface area contributed by atoms with Crippen LogP contribution in [0.5, 0.6) is 0 Å². The van der Waals surface area contributed by atoms with E-state index in [-0.39, 0.29) is 0 Å². The molecular formula is C15H15N3S. The van der Waals surface area contributed by atoms with Crippen LogP contribution in [-0.4, -0.2) is 12.0 Å². The molecule has 0 amide bonds. The molecular weight excluding hydrogens is 254 g/mol. The van der Waals surface area contributed by atoms with Crippen molar-refractivity contribution < 1.29 is 0 Å². The van der Waals surface area contributed by atoms with E-state index in [1.54, 1.807) is 11.3 Å². The number of aromatic nitrogens is 1. The van der Waals surface area contributed by atoms with E-state index < -0.39 is 0 Å². The first kappa shape index (κ1) is 12.0. The number of fused-ring (bicyclic) bond motifs is 1. The number of nitrogen functional groups attached to an aromatic ring is 1. The molecule has 0 bridgehead atoms. The quantitative estimate of drug-likeness (QED) is 0.716. The predicted octanol–water partition coefficient (Wildman–Crippen LogP) is 3.95. The molecule has 0 radical (unpaired) electrons. The first-order valence-electron chi connectivity index (χ1n) is 6.10. The van der Waals surface area contributed by atoms with Gasteiger partial charge in [0.2, 0.25) is 0 Å². The van der Waals surface area contributed by atoms with E-state index in [0.29, 0.717) is 0 Å². The highest BCUT2D eigenvalue weighted by Crippen LogP contribution is 2.34. The van der Waals surface area contributed by atoms with Crippen LogP contribution in [0.1, 0.15) is 5.56 Å². The summed E-state index contributed by atoms with van der Waals surface area (Å²) in [7, 11) is 2.05. The Bertz CT molecular complexity index is 733. The first-order valence-corrected chi connectivity index (χ1v) is 6.92. The monoisotopic (exact) mass is 269 g/mol. The molecule has 0 aliphatic carbocycles. The molecule has 0 aliphatic rings. The standard InChI is InChI=1S/C15H15N3S/c1-10-5-3-4-6-13(10)18(2)15-17-12-8-7-11(16)9-14(12)19-15/h3-9H,16H2,1-2H3. The zero-order valence-corrected chi connectivity index (χ0v) is 11.7. The highest BCUT2D eigenvalue weighted by atomic mass is 32.1. The second-order valence-electron chi connectivity index (χ2n) is 4.57. The Balaban J connectivity index is 2.07. The summed E-state index contributed by atoms with van der Waals surface area (Å²) in [4.78, 5) is 6.78. The van der Waals surface area contributed by atoms with Gasteiger partial charge in [-0.2, -0.15) is 0 Å². The third-order valence-electron chi connectivity index (χ3n) is 3.16. The van der Waals surface area contributed by atoms with Gasteiger partial charge in [0, 0.05) is 18.4 Å². The Kier molecular flexibility index (Phi) is 2.87. The third-order valence-corrected chi connectivity index (χ3v) is 4.26. The largest absolute Gasteiger partial charge is 0.399 e. The van der Waals surface area contributed by atoms with Crippen LogP contribution in [0.2, 0.25) is 0 Å². The SMILES string of the molecule is Cc1ccccc1N(C)c1nc2ccc(N)cc2s1. The second-order valence-corrected chi connectivity index (χ2v) is 5.58. The van der Waals surface area contributed by atoms with Crippen molar-refractivity contribution in [2.75, 3.05) is 17.7 Å². The molecule has 0 fully saturated rings. The summed E-state index contributed by atoms with van der Waals surface area (Å²) in [6.45, 7) is 2.11. The number of para-hydroxylation sites is 1. The molecule has 4 heteroatoms. The Morgan fingerprint density at radius 3 is 2.74 bits per heavy atom. The summed E-state index contributed by atoms with van der Waals surface area (Å²) in [6.07, 6.45) is 0. The molecule has 2 aromatic carbocycles. The summed E-state index contributed by atoms with van der Waals surface area (Å²) in [5, 5.41) is 0.981. The van der Waals surface area contributed by atoms with Gasteiger partial charge in [-0.25, -0.2) is 4.98 Å². The lowest BCUT2D eigenvalue weighted by Gasteiger charge is -2.17. The van der Waals surface area contributed by atoms with Crippen molar-refractivity contribution in [2.24, 2.45) is 0 Å². The highest BCUT2D eigenvalue weighted by molar-refractivity contribution is 7.22. The molecule has 0 spiro atoms. The van der Waals surface area contributed by atoms with Crippen LogP contribution in [0, 0.1) is 6.92 Å². The lowest BCUT2D eigenvalue weighted by Crippen LogP contribution is -2.10. The van der Waals surface area contributed by atoms with Gasteiger partial charge in [-0.1, -0.05) is 29.5 Å². The number of anilines is 3. The van der Waals surface area contributed by atoms with E-state index in [9.17, 15) is 0 Å². The van der Waals surface area contributed by atoms with E-state index in [0.717, 1.165) is 21.0 Å². The van der Waals surface area contributed by atoms with Crippen LogP contribution in [0.25, 0.3) is 10.2 Å². The summed E-state index contributed by atoms with van der Waals surface area (Å²) < 4.78 is 1.12. The van der Waals surface area contributed by atoms with E-state index in [2.05, 4.69) is 28.9 Å². The Labute approximate surface area is 116 Å². The minimum Gasteiger partial charge on any atom is -0.399 e. The van der Waals surface area contributed by atoms with Crippen molar-refractivity contribution >= 4 is 38.1 Å². The Hall–Kier alpha value is -2.07. The fourth-order valence-electron chi connectivity index (χ4n) is 2.12. The van der Waals surface area contributed by atoms with Crippen molar-refractivity contribution in [2.45, 2.75) is 6.92 Å². The second kappa shape index (κ2) is 4.55. The lowest BCUT2D eigenvalue weighted by molar-refractivity contribution is 1.16. The summed E-state index contributed by atoms with van der Waals surface area (Å²) in [6, 6.07) is 14.1. The van der Waals surface area contributed by atoms with Gasteiger partial charge in [0.25, 0.3) is 0 Å². The van der Waals surface area contributed by atoms with Crippen LogP contribution in [0.15, 0.2) is 42.5 Å². The molecule has 1 heterocycles. The van der Waals surface area contributed by atoms with Gasteiger partial charge in [-0.15, -0.1) is 0 Å². The fourth-order valence-corrected chi connectivity index (χ4v) is 3.10. The molecule has 19 heavy (non-hydrogen) atoms. The van der Waals surface area contributed by atoms with Crippen molar-refractivity contribution in [1.82, 2.24) is 4.98 Å². The van der Waals surface area contributed by atoms with Crippen molar-refractivity contribution in [3.8, 4) is 0 Å². The average molecular weight is 269 g/mol. The molecule has 0 saturated heterocycles. The maximum atomic E-state index is 5.81. The van der Waals surface area contributed by atoms with Gasteiger partial charge in [-0.05, 0) is 36.8 Å². The number of aryl methyl sites for hydroxylation is 1. The number of thiazole rings is 1. The molecule has 3 aromatic rings. The van der Waals surface area contributed by atoms with Crippen LogP contribution in [0.4, 0.5) is 16.5 Å². The van der Waals surface area contributed by atoms with Gasteiger partial charge in [-0.3, -0.25) is 0 Å². The first-order chi connectivity index (χ1) is 9.15. The summed E-state index contributed by atoms with van der Waals surface area (Å²) >= 11 is 1.66. The van der Waals surface area contributed by atoms with E-state index in [4.69, 9.17) is 5.73 Å². The van der Waals surface area contributed by atoms with Crippen molar-refractivity contribution in [1.29, 1.82) is 0 Å². The number of hydrogen-bond acceptors (Lipinski definition) is 4. The normalized spacial score (nSPS) is 10.8. The van der Waals surface area contributed by atoms with E-state index >= 15 is 0 Å². The smallest absolute Gasteiger partial charge is 0.190 e. The number of hydrogen-bond donors (Lipinski definition) is 1. The summed E-state index contributed by atoms with van der Waals surface area (Å²) in [5.41, 5.74) is 10.00. The molecule has 0 aliphatic heterocycles. The molecule has 3 nitrogen and oxygen atoms in total. The van der Waals surface area contributed by atoms with Crippen molar-refractivity contribution in [3.05, 3.63) is 48.0 Å². The van der Waals surface area contributed by atoms with Crippen LogP contribution < -0.4 is 10.6 Å². The molecule has 96 valence electrons. The Morgan fingerprint density at radius 2 is 1.95 bits per heavy atom. The predicted molar refractivity (Wildman–Crippen MR) is 83.3 cm³/mol. The minimum absolute atomic E-state index is 0.779. The lowest BCUT2D eigenvalue weighted by atomic mass is 10.2. The molecule has 0 unspecified atom stereocenters. The zero-order valence-electron chi connectivity index (χ0n) is 10.9. The maximum Gasteiger partial charge on any atom is 0.190 e. The van der Waals surface area contributed by atoms with Crippen LogP contribution in [-0.2, 0) is 0 Å². The number of benzene rings is 2. The topological polar surface area (TPSA) is 42.2 Å². The van der Waals surface area contributed by atoms with Gasteiger partial charge in [0.1, 0.15) is 0 Å². The molecule has 1 aromatic heterocycles. The highest BCUT2D eigenvalue weighted by Gasteiger charge is 2.11. The van der Waals surface area contributed by atoms with Gasteiger partial charge in [0.15, 0.2) is 5.13 Å². The molecule has 3 rings (SSSR count). The molecule has 0 saturated carbocycles. The fraction of sp³-hybridized carbons (Fsp3) is 0.133. The minimum atomic E-state index is 0.779. The van der Waals surface area contributed by atoms with Crippen molar-refractivity contribution in [3.63, 3.8) is 0 Å². The number of nitrogens with zero attached hydrogens (tertiary/aromatic N) is 2. The summed E-state index contributed by atoms with van der Waals surface area (Å²) in [5.74, 6) is 0. The van der Waals surface area contributed by atoms with Gasteiger partial charge < -0.3 is 10.6 Å². The van der Waals surface area contributed by atoms with Gasteiger partial charge >= 0.3 is 0 Å². The van der Waals surface area contributed by atoms with E-state index in [1.807, 2.05) is 37.4 Å². The molecule has 2 N–H and O–H groups in total. The molecule has 0 atom stereocenters. The van der Waals surface area contributed by atoms with E-state index in [1.165, 1.54) is 11.3 Å². The average Bonchev–Trinajstić information content (AvgIpc) is 2.81. The third kappa shape index (κ3) is 2.15. The van der Waals surface area contributed by atoms with Gasteiger partial charge in [0.05, 0.1) is 10.2 Å². The Morgan fingerprint density at radius 1 is 1.16 bits per heavy atom. The number of nitrogens with two attached hydrogens (primary N) is 1.